The number of aromatic carboxylic acids is 1. The maximum absolute atomic E-state index is 11.3. The maximum atomic E-state index is 11.3. The fourth-order valence-electron chi connectivity index (χ4n) is 2.68. The Morgan fingerprint density at radius 1 is 1.15 bits per heavy atom. The molecule has 0 saturated heterocycles. The van der Waals surface area contributed by atoms with Crippen molar-refractivity contribution in [2.24, 2.45) is 0 Å². The SMILES string of the molecule is Cc1nc(-c2cc(-c3cnco3)c(-c3ccccc3)cn2)sc1C(=O)O. The number of carboxylic acids is 1. The largest absolute Gasteiger partial charge is 0.477 e. The molecule has 4 aromatic rings. The molecule has 0 saturated carbocycles. The Hall–Kier alpha value is -3.32. The van der Waals surface area contributed by atoms with Crippen molar-refractivity contribution < 1.29 is 14.3 Å². The molecule has 0 atom stereocenters. The van der Waals surface area contributed by atoms with Crippen molar-refractivity contribution in [3.63, 3.8) is 0 Å². The molecule has 6 nitrogen and oxygen atoms in total. The zero-order chi connectivity index (χ0) is 18.1. The number of aryl methyl sites for hydroxylation is 1. The van der Waals surface area contributed by atoms with Crippen LogP contribution >= 0.6 is 11.3 Å². The van der Waals surface area contributed by atoms with Crippen LogP contribution in [0.1, 0.15) is 15.4 Å². The molecular formula is C19H13N3O3S. The van der Waals surface area contributed by atoms with Gasteiger partial charge in [0.05, 0.1) is 17.6 Å². The van der Waals surface area contributed by atoms with Crippen LogP contribution in [0.3, 0.4) is 0 Å². The molecule has 1 aromatic carbocycles. The summed E-state index contributed by atoms with van der Waals surface area (Å²) in [6.07, 6.45) is 4.77. The van der Waals surface area contributed by atoms with Gasteiger partial charge in [0, 0.05) is 17.3 Å². The second kappa shape index (κ2) is 6.53. The van der Waals surface area contributed by atoms with Crippen molar-refractivity contribution in [2.75, 3.05) is 0 Å². The molecule has 4 rings (SSSR count). The third-order valence-corrected chi connectivity index (χ3v) is 5.06. The first-order valence-electron chi connectivity index (χ1n) is 7.79. The van der Waals surface area contributed by atoms with Crippen molar-refractivity contribution in [2.45, 2.75) is 6.92 Å². The van der Waals surface area contributed by atoms with Gasteiger partial charge < -0.3 is 9.52 Å². The van der Waals surface area contributed by atoms with E-state index < -0.39 is 5.97 Å². The van der Waals surface area contributed by atoms with Crippen LogP contribution in [0.4, 0.5) is 0 Å². The fourth-order valence-corrected chi connectivity index (χ4v) is 3.55. The monoisotopic (exact) mass is 363 g/mol. The van der Waals surface area contributed by atoms with Crippen molar-refractivity contribution in [1.29, 1.82) is 0 Å². The minimum atomic E-state index is -0.984. The Labute approximate surface area is 152 Å². The Bertz CT molecular complexity index is 1070. The third-order valence-electron chi connectivity index (χ3n) is 3.90. The van der Waals surface area contributed by atoms with Crippen LogP contribution < -0.4 is 0 Å². The number of hydrogen-bond acceptors (Lipinski definition) is 6. The van der Waals surface area contributed by atoms with E-state index in [4.69, 9.17) is 4.42 Å². The number of nitrogens with zero attached hydrogens (tertiary/aromatic N) is 3. The van der Waals surface area contributed by atoms with Crippen molar-refractivity contribution >= 4 is 17.3 Å². The molecule has 3 aromatic heterocycles. The first kappa shape index (κ1) is 16.2. The number of aromatic nitrogens is 3. The molecule has 1 N–H and O–H groups in total. The number of hydrogen-bond donors (Lipinski definition) is 1. The third kappa shape index (κ3) is 2.89. The number of benzene rings is 1. The van der Waals surface area contributed by atoms with E-state index in [0.717, 1.165) is 28.0 Å². The summed E-state index contributed by atoms with van der Waals surface area (Å²) in [5.74, 6) is -0.373. The molecule has 0 fully saturated rings. The summed E-state index contributed by atoms with van der Waals surface area (Å²) in [6.45, 7) is 1.68. The predicted octanol–water partition coefficient (Wildman–Crippen LogP) is 4.53. The minimum Gasteiger partial charge on any atom is -0.477 e. The lowest BCUT2D eigenvalue weighted by Crippen LogP contribution is -1.94. The van der Waals surface area contributed by atoms with E-state index in [1.807, 2.05) is 36.4 Å². The highest BCUT2D eigenvalue weighted by Gasteiger charge is 2.18. The number of thiazole rings is 1. The zero-order valence-corrected chi connectivity index (χ0v) is 14.5. The average molecular weight is 363 g/mol. The Balaban J connectivity index is 1.88. The lowest BCUT2D eigenvalue weighted by molar-refractivity contribution is 0.0701. The van der Waals surface area contributed by atoms with Gasteiger partial charge in [-0.25, -0.2) is 14.8 Å². The highest BCUT2D eigenvalue weighted by Crippen LogP contribution is 2.35. The predicted molar refractivity (Wildman–Crippen MR) is 98.0 cm³/mol. The quantitative estimate of drug-likeness (QED) is 0.573. The van der Waals surface area contributed by atoms with Crippen LogP contribution in [0, 0.1) is 6.92 Å². The lowest BCUT2D eigenvalue weighted by atomic mass is 10.00. The summed E-state index contributed by atoms with van der Waals surface area (Å²) in [6, 6.07) is 11.7. The van der Waals surface area contributed by atoms with E-state index in [2.05, 4.69) is 15.0 Å². The normalized spacial score (nSPS) is 10.8. The Kier molecular flexibility index (Phi) is 4.06. The molecule has 0 bridgehead atoms. The number of rotatable bonds is 4. The van der Waals surface area contributed by atoms with Crippen LogP contribution in [-0.4, -0.2) is 26.0 Å². The van der Waals surface area contributed by atoms with Gasteiger partial charge in [-0.3, -0.25) is 4.98 Å². The molecule has 0 spiro atoms. The minimum absolute atomic E-state index is 0.218. The number of carboxylic acid groups (broad SMARTS) is 1. The lowest BCUT2D eigenvalue weighted by Gasteiger charge is -2.08. The van der Waals surface area contributed by atoms with Gasteiger partial charge in [0.1, 0.15) is 9.88 Å². The molecule has 7 heteroatoms. The maximum Gasteiger partial charge on any atom is 0.347 e. The van der Waals surface area contributed by atoms with Crippen LogP contribution in [0.5, 0.6) is 0 Å². The highest BCUT2D eigenvalue weighted by atomic mass is 32.1. The van der Waals surface area contributed by atoms with E-state index in [-0.39, 0.29) is 4.88 Å². The van der Waals surface area contributed by atoms with E-state index in [0.29, 0.717) is 22.2 Å². The summed E-state index contributed by atoms with van der Waals surface area (Å²) in [5, 5.41) is 9.81. The van der Waals surface area contributed by atoms with Crippen molar-refractivity contribution in [3.05, 3.63) is 65.8 Å². The molecule has 0 radical (unpaired) electrons. The van der Waals surface area contributed by atoms with E-state index in [9.17, 15) is 9.90 Å². The van der Waals surface area contributed by atoms with Crippen LogP contribution in [0.2, 0.25) is 0 Å². The molecule has 0 aliphatic rings. The molecule has 128 valence electrons. The number of pyridine rings is 1. The van der Waals surface area contributed by atoms with Gasteiger partial charge in [-0.1, -0.05) is 30.3 Å². The summed E-state index contributed by atoms with van der Waals surface area (Å²) in [4.78, 5) is 24.4. The van der Waals surface area contributed by atoms with E-state index >= 15 is 0 Å². The van der Waals surface area contributed by atoms with Crippen LogP contribution in [0.25, 0.3) is 33.2 Å². The van der Waals surface area contributed by atoms with Gasteiger partial charge in [0.2, 0.25) is 0 Å². The first-order valence-corrected chi connectivity index (χ1v) is 8.60. The second-order valence-electron chi connectivity index (χ2n) is 5.59. The smallest absolute Gasteiger partial charge is 0.347 e. The average Bonchev–Trinajstić information content (AvgIpc) is 3.32. The van der Waals surface area contributed by atoms with Gasteiger partial charge in [-0.2, -0.15) is 0 Å². The summed E-state index contributed by atoms with van der Waals surface area (Å²) in [5.41, 5.74) is 3.80. The number of oxazole rings is 1. The Morgan fingerprint density at radius 3 is 2.62 bits per heavy atom. The highest BCUT2D eigenvalue weighted by molar-refractivity contribution is 7.17. The first-order chi connectivity index (χ1) is 12.6. The van der Waals surface area contributed by atoms with E-state index in [1.165, 1.54) is 6.39 Å². The zero-order valence-electron chi connectivity index (χ0n) is 13.7. The molecule has 0 aliphatic heterocycles. The summed E-state index contributed by atoms with van der Waals surface area (Å²) < 4.78 is 5.49. The fraction of sp³-hybridized carbons (Fsp3) is 0.0526. The number of carbonyl (C=O) groups is 1. The van der Waals surface area contributed by atoms with Crippen molar-refractivity contribution in [1.82, 2.24) is 15.0 Å². The summed E-state index contributed by atoms with van der Waals surface area (Å²) >= 11 is 1.11. The van der Waals surface area contributed by atoms with Gasteiger partial charge >= 0.3 is 5.97 Å². The van der Waals surface area contributed by atoms with Gasteiger partial charge in [0.25, 0.3) is 0 Å². The molecule has 3 heterocycles. The van der Waals surface area contributed by atoms with E-state index in [1.54, 1.807) is 19.3 Å². The molecule has 0 amide bonds. The topological polar surface area (TPSA) is 89.1 Å². The van der Waals surface area contributed by atoms with Gasteiger partial charge in [-0.05, 0) is 18.6 Å². The molecule has 0 aliphatic carbocycles. The Morgan fingerprint density at radius 2 is 1.96 bits per heavy atom. The van der Waals surface area contributed by atoms with Gasteiger partial charge in [0.15, 0.2) is 12.2 Å². The van der Waals surface area contributed by atoms with Gasteiger partial charge in [-0.15, -0.1) is 11.3 Å². The molecule has 0 unspecified atom stereocenters. The van der Waals surface area contributed by atoms with Crippen molar-refractivity contribution in [3.8, 4) is 33.2 Å². The second-order valence-corrected chi connectivity index (χ2v) is 6.58. The summed E-state index contributed by atoms with van der Waals surface area (Å²) in [7, 11) is 0. The van der Waals surface area contributed by atoms with Crippen LogP contribution in [0.15, 0.2) is 59.6 Å². The molecular weight excluding hydrogens is 350 g/mol. The standard InChI is InChI=1S/C19H13N3O3S/c1-11-17(19(23)24)26-18(22-11)15-7-13(16-9-20-10-25-16)14(8-21-15)12-5-3-2-4-6-12/h2-10H,1H3,(H,23,24). The van der Waals surface area contributed by atoms with Crippen LogP contribution in [-0.2, 0) is 0 Å². The molecule has 26 heavy (non-hydrogen) atoms.